The highest BCUT2D eigenvalue weighted by Crippen LogP contribution is 2.35. The number of aryl methyl sites for hydroxylation is 2. The number of nitrogens with zero attached hydrogens (tertiary/aromatic N) is 3. The van der Waals surface area contributed by atoms with Crippen molar-refractivity contribution in [3.63, 3.8) is 0 Å². The Morgan fingerprint density at radius 1 is 1.00 bits per heavy atom. The molecule has 0 atom stereocenters. The van der Waals surface area contributed by atoms with E-state index in [1.54, 1.807) is 30.3 Å². The lowest BCUT2D eigenvalue weighted by atomic mass is 9.88. The van der Waals surface area contributed by atoms with Crippen LogP contribution in [0.2, 0.25) is 0 Å². The van der Waals surface area contributed by atoms with Crippen LogP contribution in [0.1, 0.15) is 58.1 Å². The molecule has 220 valence electrons. The van der Waals surface area contributed by atoms with Crippen molar-refractivity contribution in [2.24, 2.45) is 5.73 Å². The molecule has 0 aliphatic carbocycles. The van der Waals surface area contributed by atoms with E-state index in [9.17, 15) is 31.1 Å². The summed E-state index contributed by atoms with van der Waals surface area (Å²) in [7, 11) is 1.98. The summed E-state index contributed by atoms with van der Waals surface area (Å²) in [5.74, 6) is -0.990. The van der Waals surface area contributed by atoms with Gasteiger partial charge in [0.05, 0.1) is 17.7 Å². The second kappa shape index (κ2) is 12.5. The molecule has 4 rings (SSSR count). The molecule has 0 spiro atoms. The number of carbonyl (C=O) groups is 1. The minimum absolute atomic E-state index is 0.0626. The molecule has 0 bridgehead atoms. The van der Waals surface area contributed by atoms with Gasteiger partial charge in [-0.3, -0.25) is 4.79 Å². The van der Waals surface area contributed by atoms with Crippen LogP contribution in [0.15, 0.2) is 48.7 Å². The Balaban J connectivity index is 1.62. The van der Waals surface area contributed by atoms with Crippen molar-refractivity contribution in [1.82, 2.24) is 14.9 Å². The molecule has 0 saturated carbocycles. The second-order valence-electron chi connectivity index (χ2n) is 10.2. The number of alkyl halides is 6. The number of hydrogen-bond donors (Lipinski definition) is 1. The number of nitrogens with two attached hydrogens (primary N) is 1. The van der Waals surface area contributed by atoms with Crippen molar-refractivity contribution in [3.05, 3.63) is 88.0 Å². The topological polar surface area (TPSA) is 81.3 Å². The second-order valence-corrected chi connectivity index (χ2v) is 10.2. The number of carbonyl (C=O) groups excluding carboxylic acids is 1. The molecule has 1 aliphatic heterocycles. The van der Waals surface area contributed by atoms with E-state index >= 15 is 0 Å². The smallest absolute Gasteiger partial charge is 0.405 e. The van der Waals surface area contributed by atoms with Gasteiger partial charge in [-0.05, 0) is 74.5 Å². The van der Waals surface area contributed by atoms with Gasteiger partial charge in [0.2, 0.25) is 5.91 Å². The number of aromatic nitrogens is 2. The lowest BCUT2D eigenvalue weighted by Crippen LogP contribution is -2.29. The summed E-state index contributed by atoms with van der Waals surface area (Å²) in [5.41, 5.74) is 6.03. The van der Waals surface area contributed by atoms with Crippen molar-refractivity contribution < 1.29 is 35.9 Å². The first-order valence-corrected chi connectivity index (χ1v) is 13.1. The zero-order chi connectivity index (χ0) is 29.8. The van der Waals surface area contributed by atoms with E-state index in [4.69, 9.17) is 5.73 Å². The van der Waals surface area contributed by atoms with Gasteiger partial charge >= 0.3 is 12.5 Å². The number of hydrogen-bond acceptors (Lipinski definition) is 5. The molecule has 1 aliphatic rings. The minimum atomic E-state index is -4.95. The van der Waals surface area contributed by atoms with E-state index in [0.717, 1.165) is 25.9 Å². The Morgan fingerprint density at radius 3 is 2.32 bits per heavy atom. The molecular formula is C29H30F6N4O2. The zero-order valence-electron chi connectivity index (χ0n) is 22.4. The molecule has 6 nitrogen and oxygen atoms in total. The third-order valence-electron chi connectivity index (χ3n) is 7.19. The van der Waals surface area contributed by atoms with Crippen molar-refractivity contribution in [1.29, 1.82) is 0 Å². The van der Waals surface area contributed by atoms with Gasteiger partial charge in [0, 0.05) is 18.2 Å². The predicted molar refractivity (Wildman–Crippen MR) is 139 cm³/mol. The normalized spacial score (nSPS) is 15.2. The summed E-state index contributed by atoms with van der Waals surface area (Å²) in [6, 6.07) is 11.4. The number of rotatable bonds is 9. The highest BCUT2D eigenvalue weighted by Gasteiger charge is 2.35. The zero-order valence-corrected chi connectivity index (χ0v) is 22.4. The maximum atomic E-state index is 13.8. The fourth-order valence-electron chi connectivity index (χ4n) is 5.09. The van der Waals surface area contributed by atoms with E-state index in [1.807, 2.05) is 7.05 Å². The van der Waals surface area contributed by atoms with Crippen molar-refractivity contribution in [2.45, 2.75) is 57.0 Å². The quantitative estimate of drug-likeness (QED) is 0.333. The van der Waals surface area contributed by atoms with Crippen molar-refractivity contribution in [3.8, 4) is 5.75 Å². The highest BCUT2D eigenvalue weighted by atomic mass is 19.4. The lowest BCUT2D eigenvalue weighted by Gasteiger charge is -2.29. The predicted octanol–water partition coefficient (Wildman–Crippen LogP) is 5.61. The van der Waals surface area contributed by atoms with Crippen LogP contribution in [0.4, 0.5) is 26.3 Å². The Labute approximate surface area is 233 Å². The van der Waals surface area contributed by atoms with E-state index in [-0.39, 0.29) is 48.7 Å². The van der Waals surface area contributed by atoms with Gasteiger partial charge in [0.25, 0.3) is 0 Å². The summed E-state index contributed by atoms with van der Waals surface area (Å²) < 4.78 is 85.6. The average Bonchev–Trinajstić information content (AvgIpc) is 2.88. The number of likely N-dealkylation sites (tertiary alicyclic amines) is 1. The average molecular weight is 581 g/mol. The number of halogens is 6. The SMILES string of the molecule is CN1CCC(c2ccc(Cc3ncc(C(F)(F)F)c(CCc4ccccc4CC(N)=O)n3)c(OC(F)(F)F)c2)CC1. The van der Waals surface area contributed by atoms with Gasteiger partial charge in [-0.15, -0.1) is 13.2 Å². The monoisotopic (exact) mass is 580 g/mol. The van der Waals surface area contributed by atoms with Crippen LogP contribution < -0.4 is 10.5 Å². The standard InChI is InChI=1S/C29H30F6N4O2/c1-39-12-10-19(11-13-39)21-6-7-22(25(14-21)41-29(33,34)35)16-27-37-17-23(28(30,31)32)24(38-27)9-8-18-4-2-3-5-20(18)15-26(36)40/h2-7,14,17,19H,8-13,15-16H2,1H3,(H2,36,40). The van der Waals surface area contributed by atoms with Crippen LogP contribution in [-0.4, -0.2) is 47.3 Å². The lowest BCUT2D eigenvalue weighted by molar-refractivity contribution is -0.274. The van der Waals surface area contributed by atoms with E-state index in [0.29, 0.717) is 22.9 Å². The van der Waals surface area contributed by atoms with Gasteiger partial charge in [-0.1, -0.05) is 36.4 Å². The number of piperidine rings is 1. The van der Waals surface area contributed by atoms with E-state index in [2.05, 4.69) is 19.6 Å². The molecule has 3 aromatic rings. The first-order valence-electron chi connectivity index (χ1n) is 13.1. The molecule has 1 fully saturated rings. The van der Waals surface area contributed by atoms with E-state index in [1.165, 1.54) is 12.1 Å². The Bertz CT molecular complexity index is 1370. The molecule has 12 heteroatoms. The molecule has 0 radical (unpaired) electrons. The summed E-state index contributed by atoms with van der Waals surface area (Å²) in [4.78, 5) is 21.5. The summed E-state index contributed by atoms with van der Waals surface area (Å²) in [6.07, 6.45) is -7.78. The molecule has 2 aromatic carbocycles. The van der Waals surface area contributed by atoms with Crippen LogP contribution in [0.5, 0.6) is 5.75 Å². The number of benzene rings is 2. The minimum Gasteiger partial charge on any atom is -0.405 e. The van der Waals surface area contributed by atoms with Gasteiger partial charge in [0.1, 0.15) is 11.6 Å². The molecule has 1 amide bonds. The van der Waals surface area contributed by atoms with Crippen molar-refractivity contribution in [2.75, 3.05) is 20.1 Å². The molecule has 1 aromatic heterocycles. The van der Waals surface area contributed by atoms with Crippen LogP contribution in [0, 0.1) is 0 Å². The van der Waals surface area contributed by atoms with Gasteiger partial charge in [-0.25, -0.2) is 9.97 Å². The first-order chi connectivity index (χ1) is 19.3. The molecular weight excluding hydrogens is 550 g/mol. The molecule has 1 saturated heterocycles. The maximum absolute atomic E-state index is 13.8. The Kier molecular flexibility index (Phi) is 9.21. The van der Waals surface area contributed by atoms with Gasteiger partial charge < -0.3 is 15.4 Å². The largest absolute Gasteiger partial charge is 0.573 e. The Hall–Kier alpha value is -3.67. The third-order valence-corrected chi connectivity index (χ3v) is 7.19. The van der Waals surface area contributed by atoms with Crippen molar-refractivity contribution >= 4 is 5.91 Å². The molecule has 2 N–H and O–H groups in total. The molecule has 2 heterocycles. The molecule has 41 heavy (non-hydrogen) atoms. The van der Waals surface area contributed by atoms with Crippen LogP contribution in [0.3, 0.4) is 0 Å². The summed E-state index contributed by atoms with van der Waals surface area (Å²) >= 11 is 0. The van der Waals surface area contributed by atoms with Crippen LogP contribution in [0.25, 0.3) is 0 Å². The number of ether oxygens (including phenoxy) is 1. The van der Waals surface area contributed by atoms with Gasteiger partial charge in [0.15, 0.2) is 0 Å². The van der Waals surface area contributed by atoms with Crippen LogP contribution in [-0.2, 0) is 36.7 Å². The maximum Gasteiger partial charge on any atom is 0.573 e. The number of amides is 1. The Morgan fingerprint density at radius 2 is 1.68 bits per heavy atom. The number of primary amides is 1. The fourth-order valence-corrected chi connectivity index (χ4v) is 5.09. The third kappa shape index (κ3) is 8.42. The van der Waals surface area contributed by atoms with E-state index < -0.39 is 29.8 Å². The fraction of sp³-hybridized carbons (Fsp3) is 0.414. The summed E-state index contributed by atoms with van der Waals surface area (Å²) in [6.45, 7) is 1.63. The first kappa shape index (κ1) is 30.3. The highest BCUT2D eigenvalue weighted by molar-refractivity contribution is 5.77. The summed E-state index contributed by atoms with van der Waals surface area (Å²) in [5, 5.41) is 0. The van der Waals surface area contributed by atoms with Gasteiger partial charge in [-0.2, -0.15) is 13.2 Å². The molecule has 0 unspecified atom stereocenters. The van der Waals surface area contributed by atoms with Crippen LogP contribution >= 0.6 is 0 Å².